The summed E-state index contributed by atoms with van der Waals surface area (Å²) in [5.41, 5.74) is 1.27. The minimum absolute atomic E-state index is 0.0477. The second-order valence-corrected chi connectivity index (χ2v) is 5.09. The highest BCUT2D eigenvalue weighted by Crippen LogP contribution is 2.27. The number of Topliss-reactive ketones (excluding diaryl/α,β-unsaturated/α-hetero) is 1. The van der Waals surface area contributed by atoms with Crippen LogP contribution in [0.1, 0.15) is 10.4 Å². The molecule has 0 aliphatic carbocycles. The summed E-state index contributed by atoms with van der Waals surface area (Å²) in [6.45, 7) is 0.181. The predicted octanol–water partition coefficient (Wildman–Crippen LogP) is 2.53. The lowest BCUT2D eigenvalue weighted by molar-refractivity contribution is -0.686. The van der Waals surface area contributed by atoms with Crippen molar-refractivity contribution in [3.8, 4) is 23.0 Å². The van der Waals surface area contributed by atoms with Crippen LogP contribution in [0.2, 0.25) is 0 Å². The van der Waals surface area contributed by atoms with Gasteiger partial charge in [-0.3, -0.25) is 4.79 Å². The summed E-state index contributed by atoms with van der Waals surface area (Å²) in [7, 11) is 3.10. The number of carbonyl (C=O) groups is 1. The zero-order valence-electron chi connectivity index (χ0n) is 13.4. The minimum atomic E-state index is -0.0477. The summed E-state index contributed by atoms with van der Waals surface area (Å²) in [4.78, 5) is 16.7. The van der Waals surface area contributed by atoms with Crippen molar-refractivity contribution in [1.29, 1.82) is 0 Å². The van der Waals surface area contributed by atoms with E-state index in [9.17, 15) is 4.79 Å². The molecule has 24 heavy (non-hydrogen) atoms. The number of methoxy groups -OCH3 is 2. The second-order valence-electron chi connectivity index (χ2n) is 5.09. The van der Waals surface area contributed by atoms with E-state index in [1.807, 2.05) is 6.07 Å². The fourth-order valence-electron chi connectivity index (χ4n) is 2.31. The van der Waals surface area contributed by atoms with Crippen LogP contribution in [0.5, 0.6) is 11.5 Å². The van der Waals surface area contributed by atoms with E-state index in [-0.39, 0.29) is 12.3 Å². The maximum absolute atomic E-state index is 12.4. The number of rotatable bonds is 6. The first kappa shape index (κ1) is 15.7. The highest BCUT2D eigenvalue weighted by atomic mass is 16.5. The van der Waals surface area contributed by atoms with E-state index in [0.717, 1.165) is 5.69 Å². The van der Waals surface area contributed by atoms with Crippen LogP contribution in [0.15, 0.2) is 59.6 Å². The molecule has 0 saturated carbocycles. The highest BCUT2D eigenvalue weighted by molar-refractivity contribution is 5.95. The molecule has 0 spiro atoms. The average molecular weight is 325 g/mol. The van der Waals surface area contributed by atoms with E-state index in [1.165, 1.54) is 7.11 Å². The number of nitrogens with zero attached hydrogens (tertiary/aromatic N) is 2. The summed E-state index contributed by atoms with van der Waals surface area (Å²) in [5.74, 6) is 1.76. The molecule has 0 radical (unpaired) electrons. The van der Waals surface area contributed by atoms with Crippen LogP contribution >= 0.6 is 0 Å². The van der Waals surface area contributed by atoms with Crippen molar-refractivity contribution in [3.05, 3.63) is 60.7 Å². The van der Waals surface area contributed by atoms with Crippen LogP contribution in [-0.4, -0.2) is 25.0 Å². The molecule has 3 aromatic rings. The van der Waals surface area contributed by atoms with Crippen LogP contribution in [0, 0.1) is 0 Å². The summed E-state index contributed by atoms with van der Waals surface area (Å²) in [5, 5.41) is 0. The number of furan rings is 1. The molecule has 0 aliphatic heterocycles. The zero-order chi connectivity index (χ0) is 16.9. The summed E-state index contributed by atoms with van der Waals surface area (Å²) in [6, 6.07) is 10.6. The normalized spacial score (nSPS) is 10.4. The summed E-state index contributed by atoms with van der Waals surface area (Å²) in [6.07, 6.45) is 5.00. The first-order chi connectivity index (χ1) is 11.7. The van der Waals surface area contributed by atoms with Crippen LogP contribution in [-0.2, 0) is 6.54 Å². The Kier molecular flexibility index (Phi) is 4.56. The minimum Gasteiger partial charge on any atom is -0.493 e. The Hall–Kier alpha value is -3.15. The lowest BCUT2D eigenvalue weighted by atomic mass is 10.1. The van der Waals surface area contributed by atoms with Gasteiger partial charge in [0, 0.05) is 11.6 Å². The molecule has 6 heteroatoms. The average Bonchev–Trinajstić information content (AvgIpc) is 3.16. The predicted molar refractivity (Wildman–Crippen MR) is 86.0 cm³/mol. The van der Waals surface area contributed by atoms with Crippen LogP contribution < -0.4 is 14.0 Å². The molecule has 2 heterocycles. The molecule has 6 nitrogen and oxygen atoms in total. The Morgan fingerprint density at radius 2 is 2.00 bits per heavy atom. The van der Waals surface area contributed by atoms with E-state index < -0.39 is 0 Å². The quantitative estimate of drug-likeness (QED) is 0.515. The molecule has 0 atom stereocenters. The van der Waals surface area contributed by atoms with Gasteiger partial charge in [-0.25, -0.2) is 4.57 Å². The molecule has 0 unspecified atom stereocenters. The zero-order valence-corrected chi connectivity index (χ0v) is 13.4. The number of benzene rings is 1. The smallest absolute Gasteiger partial charge is 0.287 e. The van der Waals surface area contributed by atoms with E-state index >= 15 is 0 Å². The number of aromatic nitrogens is 2. The molecular weight excluding hydrogens is 308 g/mol. The van der Waals surface area contributed by atoms with Crippen molar-refractivity contribution in [1.82, 2.24) is 4.98 Å². The largest absolute Gasteiger partial charge is 0.493 e. The third-order valence-electron chi connectivity index (χ3n) is 3.57. The number of ketones is 1. The maximum Gasteiger partial charge on any atom is 0.287 e. The number of carbonyl (C=O) groups excluding carboxylic acids is 1. The van der Waals surface area contributed by atoms with Gasteiger partial charge >= 0.3 is 0 Å². The van der Waals surface area contributed by atoms with Gasteiger partial charge < -0.3 is 13.9 Å². The van der Waals surface area contributed by atoms with Crippen molar-refractivity contribution >= 4 is 5.78 Å². The molecule has 3 rings (SSSR count). The van der Waals surface area contributed by atoms with Crippen molar-refractivity contribution in [2.75, 3.05) is 14.2 Å². The first-order valence-electron chi connectivity index (χ1n) is 7.35. The van der Waals surface area contributed by atoms with Crippen molar-refractivity contribution < 1.29 is 23.3 Å². The molecule has 0 aliphatic rings. The van der Waals surface area contributed by atoms with E-state index in [1.54, 1.807) is 60.8 Å². The maximum atomic E-state index is 12.4. The molecule has 0 bridgehead atoms. The number of hydrogen-bond acceptors (Lipinski definition) is 5. The van der Waals surface area contributed by atoms with Gasteiger partial charge in [0.05, 0.1) is 26.7 Å². The number of hydrogen-bond donors (Lipinski definition) is 0. The highest BCUT2D eigenvalue weighted by Gasteiger charge is 2.15. The summed E-state index contributed by atoms with van der Waals surface area (Å²) < 4.78 is 17.4. The second kappa shape index (κ2) is 6.95. The van der Waals surface area contributed by atoms with Crippen LogP contribution in [0.3, 0.4) is 0 Å². The third kappa shape index (κ3) is 3.27. The van der Waals surface area contributed by atoms with Gasteiger partial charge in [-0.15, -0.1) is 0 Å². The van der Waals surface area contributed by atoms with Gasteiger partial charge in [-0.05, 0) is 35.3 Å². The third-order valence-corrected chi connectivity index (χ3v) is 3.57. The molecular formula is C18H17N2O4+. The fraction of sp³-hybridized carbons (Fsp3) is 0.167. The molecule has 2 aromatic heterocycles. The van der Waals surface area contributed by atoms with Crippen LogP contribution in [0.25, 0.3) is 11.5 Å². The van der Waals surface area contributed by atoms with Crippen molar-refractivity contribution in [2.24, 2.45) is 0 Å². The van der Waals surface area contributed by atoms with E-state index in [0.29, 0.717) is 22.8 Å². The molecule has 122 valence electrons. The standard InChI is InChI=1S/C18H17N2O4/c1-22-17-6-5-13(10-18(17)23-2)15(21)11-20-8-7-14(19-12-20)16-4-3-9-24-16/h3-10,12H,11H2,1-2H3/q+1. The molecule has 1 aromatic carbocycles. The summed E-state index contributed by atoms with van der Waals surface area (Å²) >= 11 is 0. The van der Waals surface area contributed by atoms with Crippen LogP contribution in [0.4, 0.5) is 0 Å². The van der Waals surface area contributed by atoms with Gasteiger partial charge in [-0.1, -0.05) is 0 Å². The first-order valence-corrected chi connectivity index (χ1v) is 7.35. The Morgan fingerprint density at radius 3 is 2.62 bits per heavy atom. The van der Waals surface area contributed by atoms with Gasteiger partial charge in [0.15, 0.2) is 23.8 Å². The van der Waals surface area contributed by atoms with Gasteiger partial charge in [-0.2, -0.15) is 0 Å². The lowest BCUT2D eigenvalue weighted by Crippen LogP contribution is -2.37. The van der Waals surface area contributed by atoms with E-state index in [2.05, 4.69) is 4.98 Å². The molecule has 0 N–H and O–H groups in total. The lowest BCUT2D eigenvalue weighted by Gasteiger charge is -2.08. The Balaban J connectivity index is 1.75. The van der Waals surface area contributed by atoms with E-state index in [4.69, 9.17) is 13.9 Å². The van der Waals surface area contributed by atoms with Gasteiger partial charge in [0.25, 0.3) is 6.33 Å². The molecule has 0 fully saturated rings. The monoisotopic (exact) mass is 325 g/mol. The van der Waals surface area contributed by atoms with Gasteiger partial charge in [0.2, 0.25) is 11.5 Å². The Bertz CT molecular complexity index is 827. The molecule has 0 saturated heterocycles. The molecule has 0 amide bonds. The van der Waals surface area contributed by atoms with Gasteiger partial charge in [0.1, 0.15) is 0 Å². The SMILES string of the molecule is COc1ccc(C(=O)C[n+]2ccc(-c3ccco3)nc2)cc1OC. The Morgan fingerprint density at radius 1 is 1.17 bits per heavy atom. The Labute approximate surface area is 139 Å². The topological polar surface area (TPSA) is 65.4 Å². The van der Waals surface area contributed by atoms with Crippen molar-refractivity contribution in [3.63, 3.8) is 0 Å². The number of ether oxygens (including phenoxy) is 2. The fourth-order valence-corrected chi connectivity index (χ4v) is 2.31. The van der Waals surface area contributed by atoms with Crippen molar-refractivity contribution in [2.45, 2.75) is 6.54 Å².